The summed E-state index contributed by atoms with van der Waals surface area (Å²) in [7, 11) is -2.93. The van der Waals surface area contributed by atoms with Gasteiger partial charge in [-0.2, -0.15) is 0 Å². The Hall–Kier alpha value is -4.69. The van der Waals surface area contributed by atoms with Crippen LogP contribution in [0.15, 0.2) is 79.0 Å². The molecule has 1 aromatic heterocycles. The molecule has 3 aromatic carbocycles. The van der Waals surface area contributed by atoms with Crippen molar-refractivity contribution in [1.82, 2.24) is 15.0 Å². The van der Waals surface area contributed by atoms with E-state index in [1.165, 1.54) is 0 Å². The van der Waals surface area contributed by atoms with Gasteiger partial charge in [0.25, 0.3) is 5.91 Å². The third kappa shape index (κ3) is 5.66. The molecule has 3 fully saturated rings. The van der Waals surface area contributed by atoms with Gasteiger partial charge in [0.15, 0.2) is 13.9 Å². The molecule has 13 heteroatoms. The summed E-state index contributed by atoms with van der Waals surface area (Å²) < 4.78 is 8.82. The number of fused-ring (bicyclic) bond motifs is 2. The average molecular weight is 721 g/mol. The number of aryl methyl sites for hydroxylation is 1. The van der Waals surface area contributed by atoms with Crippen LogP contribution in [0.25, 0.3) is 0 Å². The Labute approximate surface area is 303 Å². The van der Waals surface area contributed by atoms with Crippen molar-refractivity contribution in [1.29, 1.82) is 0 Å². The Morgan fingerprint density at radius 1 is 0.942 bits per heavy atom. The molecule has 0 saturated carbocycles. The maximum Gasteiger partial charge on any atom is 0.264 e. The van der Waals surface area contributed by atoms with Gasteiger partial charge < -0.3 is 29.3 Å². The highest BCUT2D eigenvalue weighted by molar-refractivity contribution is 6.71. The zero-order valence-electron chi connectivity index (χ0n) is 29.7. The molecule has 52 heavy (non-hydrogen) atoms. The Kier molecular flexibility index (Phi) is 8.64. The first kappa shape index (κ1) is 34.4. The van der Waals surface area contributed by atoms with Gasteiger partial charge in [0.05, 0.1) is 36.6 Å². The highest BCUT2D eigenvalue weighted by Crippen LogP contribution is 2.60. The second-order valence-electron chi connectivity index (χ2n) is 15.1. The fourth-order valence-electron chi connectivity index (χ4n) is 8.74. The maximum atomic E-state index is 15.0. The van der Waals surface area contributed by atoms with E-state index in [1.807, 2.05) is 99.0 Å². The number of aliphatic hydroxyl groups is 1. The van der Waals surface area contributed by atoms with Gasteiger partial charge in [-0.15, -0.1) is 5.10 Å². The number of rotatable bonds is 11. The van der Waals surface area contributed by atoms with E-state index < -0.39 is 20.0 Å². The molecule has 5 atom stereocenters. The Morgan fingerprint density at radius 2 is 1.65 bits per heavy atom. The molecular weight excluding hydrogens is 677 g/mol. The summed E-state index contributed by atoms with van der Waals surface area (Å²) in [4.78, 5) is 56.9. The summed E-state index contributed by atoms with van der Waals surface area (Å²) in [5.41, 5.74) is 3.77. The molecule has 5 heterocycles. The zero-order chi connectivity index (χ0) is 36.4. The number of aromatic nitrogens is 3. The van der Waals surface area contributed by atoms with Gasteiger partial charge in [-0.3, -0.25) is 19.1 Å². The lowest BCUT2D eigenvalue weighted by atomic mass is 9.82. The number of amides is 3. The number of carbonyl (C=O) groups excluding carboxylic acids is 3. The fourth-order valence-corrected chi connectivity index (χ4v) is 11.3. The highest BCUT2D eigenvalue weighted by Gasteiger charge is 2.66. The first-order valence-electron chi connectivity index (χ1n) is 18.1. The Bertz CT molecular complexity index is 2030. The third-order valence-corrected chi connectivity index (χ3v) is 14.0. The van der Waals surface area contributed by atoms with E-state index in [0.29, 0.717) is 55.8 Å². The molecule has 4 aliphatic rings. The molecule has 3 amide bonds. The second kappa shape index (κ2) is 13.1. The van der Waals surface area contributed by atoms with E-state index in [-0.39, 0.29) is 48.3 Å². The van der Waals surface area contributed by atoms with Crippen molar-refractivity contribution in [2.45, 2.75) is 75.5 Å². The predicted octanol–water partition coefficient (Wildman–Crippen LogP) is 4.31. The van der Waals surface area contributed by atoms with Crippen LogP contribution in [-0.4, -0.2) is 76.7 Å². The molecule has 0 aliphatic carbocycles. The molecule has 270 valence electrons. The van der Waals surface area contributed by atoms with Crippen LogP contribution in [0.3, 0.4) is 0 Å². The van der Waals surface area contributed by atoms with E-state index in [1.54, 1.807) is 19.4 Å². The van der Waals surface area contributed by atoms with Crippen LogP contribution in [0.4, 0.5) is 17.1 Å². The van der Waals surface area contributed by atoms with Crippen LogP contribution in [0.1, 0.15) is 54.5 Å². The first-order valence-corrected chi connectivity index (χ1v) is 21.1. The van der Waals surface area contributed by atoms with Gasteiger partial charge >= 0.3 is 0 Å². The van der Waals surface area contributed by atoms with Gasteiger partial charge in [0.1, 0.15) is 0 Å². The summed E-state index contributed by atoms with van der Waals surface area (Å²) >= 11 is 0. The van der Waals surface area contributed by atoms with E-state index in [9.17, 15) is 19.5 Å². The lowest BCUT2D eigenvalue weighted by molar-refractivity contribution is -0.146. The van der Waals surface area contributed by atoms with Crippen molar-refractivity contribution in [3.63, 3.8) is 0 Å². The summed E-state index contributed by atoms with van der Waals surface area (Å²) in [6, 6.07) is 23.2. The standard InChI is InChI=1S/C39H44N6O6Si/c1-25-37(52(2,3)50)34(14-17-42-23-32(40-41-42)30(24-46)27-9-5-4-6-10-27)51-39(25)31-21-29(44-19-16-36(44)48)12-13-33(31)45(38(39)49)22-26-8-7-11-28(20-26)43-18-15-35(43)47/h4-13,20-21,23,25,30,34,37,46,50H,14-19,22,24H2,1-3H3/t25-,30?,34+,37-,39+/m0/s1. The van der Waals surface area contributed by atoms with Gasteiger partial charge in [-0.1, -0.05) is 54.6 Å². The maximum absolute atomic E-state index is 15.0. The van der Waals surface area contributed by atoms with Gasteiger partial charge in [-0.05, 0) is 61.0 Å². The second-order valence-corrected chi connectivity index (χ2v) is 19.0. The fraction of sp³-hybridized carbons (Fsp3) is 0.410. The summed E-state index contributed by atoms with van der Waals surface area (Å²) in [6.07, 6.45) is 2.87. The number of ether oxygens (including phenoxy) is 1. The van der Waals surface area contributed by atoms with E-state index >= 15 is 4.79 Å². The summed E-state index contributed by atoms with van der Waals surface area (Å²) in [6.45, 7) is 7.70. The summed E-state index contributed by atoms with van der Waals surface area (Å²) in [5.74, 6) is -0.767. The molecule has 1 spiro atoms. The molecule has 8 rings (SSSR count). The van der Waals surface area contributed by atoms with Crippen molar-refractivity contribution in [2.75, 3.05) is 34.4 Å². The first-order chi connectivity index (χ1) is 25.0. The van der Waals surface area contributed by atoms with Crippen molar-refractivity contribution in [2.24, 2.45) is 5.92 Å². The van der Waals surface area contributed by atoms with E-state index in [4.69, 9.17) is 4.74 Å². The van der Waals surface area contributed by atoms with Crippen LogP contribution < -0.4 is 14.7 Å². The van der Waals surface area contributed by atoms with Crippen molar-refractivity contribution < 1.29 is 29.0 Å². The number of hydrogen-bond acceptors (Lipinski definition) is 8. The number of benzene rings is 3. The topological polar surface area (TPSA) is 141 Å². The zero-order valence-corrected chi connectivity index (χ0v) is 30.7. The summed E-state index contributed by atoms with van der Waals surface area (Å²) in [5, 5.41) is 19.0. The quantitative estimate of drug-likeness (QED) is 0.173. The van der Waals surface area contributed by atoms with Crippen molar-refractivity contribution in [3.05, 3.63) is 101 Å². The number of carbonyl (C=O) groups is 3. The van der Waals surface area contributed by atoms with Gasteiger partial charge in [0, 0.05) is 67.1 Å². The van der Waals surface area contributed by atoms with Crippen LogP contribution in [-0.2, 0) is 37.8 Å². The molecule has 3 saturated heterocycles. The van der Waals surface area contributed by atoms with Crippen LogP contribution in [0.5, 0.6) is 0 Å². The molecule has 0 bridgehead atoms. The molecule has 0 radical (unpaired) electrons. The van der Waals surface area contributed by atoms with Gasteiger partial charge in [0.2, 0.25) is 11.8 Å². The number of aliphatic hydroxyl groups excluding tert-OH is 1. The lowest BCUT2D eigenvalue weighted by Gasteiger charge is -2.33. The highest BCUT2D eigenvalue weighted by atomic mass is 28.4. The van der Waals surface area contributed by atoms with E-state index in [0.717, 1.165) is 22.5 Å². The molecule has 2 N–H and O–H groups in total. The predicted molar refractivity (Wildman–Crippen MR) is 197 cm³/mol. The van der Waals surface area contributed by atoms with Crippen molar-refractivity contribution >= 4 is 43.1 Å². The number of β-lactam (4-membered cyclic amide) rings is 2. The monoisotopic (exact) mass is 720 g/mol. The molecule has 1 unspecified atom stereocenters. The SMILES string of the molecule is C[C@H]1[C@H]([Si](C)(C)O)[C@@H](CCn2cc(C(CO)c3ccccc3)nn2)O[C@]12C(=O)N(Cc1cccc(N3CCC3=O)c1)c1ccc(N3CCC3=O)cc12. The largest absolute Gasteiger partial charge is 0.432 e. The molecule has 4 aromatic rings. The normalized spacial score (nSPS) is 24.8. The van der Waals surface area contributed by atoms with E-state index in [2.05, 4.69) is 10.3 Å². The third-order valence-electron chi connectivity index (χ3n) is 11.5. The van der Waals surface area contributed by atoms with Crippen molar-refractivity contribution in [3.8, 4) is 0 Å². The Balaban J connectivity index is 1.12. The minimum Gasteiger partial charge on any atom is -0.432 e. The van der Waals surface area contributed by atoms with Crippen LogP contribution in [0.2, 0.25) is 18.6 Å². The number of hydrogen-bond donors (Lipinski definition) is 2. The minimum absolute atomic E-state index is 0.0375. The average Bonchev–Trinajstić information content (AvgIpc) is 3.77. The van der Waals surface area contributed by atoms with Gasteiger partial charge in [-0.25, -0.2) is 0 Å². The molecule has 12 nitrogen and oxygen atoms in total. The minimum atomic E-state index is -2.93. The number of nitrogens with zero attached hydrogens (tertiary/aromatic N) is 6. The smallest absolute Gasteiger partial charge is 0.264 e. The molecule has 4 aliphatic heterocycles. The molecular formula is C39H44N6O6Si. The lowest BCUT2D eigenvalue weighted by Crippen LogP contribution is -2.46. The Morgan fingerprint density at radius 3 is 2.29 bits per heavy atom. The van der Waals surface area contributed by atoms with Crippen LogP contribution >= 0.6 is 0 Å². The number of anilines is 3. The van der Waals surface area contributed by atoms with Crippen LogP contribution in [0, 0.1) is 5.92 Å².